The van der Waals surface area contributed by atoms with Gasteiger partial charge in [-0.1, -0.05) is 16.8 Å². The number of rotatable bonds is 4. The number of amides is 2. The summed E-state index contributed by atoms with van der Waals surface area (Å²) in [5.41, 5.74) is 2.23. The van der Waals surface area contributed by atoms with Crippen molar-refractivity contribution in [1.29, 1.82) is 0 Å². The Morgan fingerprint density at radius 3 is 2.71 bits per heavy atom. The van der Waals surface area contributed by atoms with Gasteiger partial charge in [-0.25, -0.2) is 0 Å². The van der Waals surface area contributed by atoms with Crippen molar-refractivity contribution in [3.63, 3.8) is 0 Å². The standard InChI is InChI=1S/C18H23N3O7/c1-8-4-5-11-10(6-8)13(17(26)21(11)3)20-28-18-14(19-9(2)23)16(25)15(24)12(7-22)27-18/h4-6,12,14-16,18,22,24-25H,7H2,1-3H3,(H,19,23)/t12-,14-,15+,16-,18+/m0/s1. The van der Waals surface area contributed by atoms with Gasteiger partial charge in [-0.15, -0.1) is 0 Å². The van der Waals surface area contributed by atoms with Crippen LogP contribution in [-0.2, 0) is 19.2 Å². The molecule has 0 bridgehead atoms. The number of oxime groups is 1. The molecule has 4 N–H and O–H groups in total. The SMILES string of the molecule is CC(=O)N[C@@H]1[C@@H](ON=C2C(=O)N(C)c3ccc(C)cc32)O[C@@H](CO)[C@@H](O)[C@H]1O. The molecule has 0 saturated carbocycles. The predicted molar refractivity (Wildman–Crippen MR) is 97.6 cm³/mol. The number of ether oxygens (including phenoxy) is 1. The van der Waals surface area contributed by atoms with E-state index in [1.165, 1.54) is 11.8 Å². The zero-order valence-electron chi connectivity index (χ0n) is 15.7. The number of nitrogens with zero attached hydrogens (tertiary/aromatic N) is 2. The van der Waals surface area contributed by atoms with Crippen molar-refractivity contribution in [3.05, 3.63) is 29.3 Å². The van der Waals surface area contributed by atoms with Crippen molar-refractivity contribution in [2.75, 3.05) is 18.6 Å². The summed E-state index contributed by atoms with van der Waals surface area (Å²) in [5.74, 6) is -0.868. The highest BCUT2D eigenvalue weighted by Gasteiger charge is 2.46. The third-order valence-corrected chi connectivity index (χ3v) is 4.77. The zero-order valence-corrected chi connectivity index (χ0v) is 15.7. The molecule has 0 aromatic heterocycles. The number of carbonyl (C=O) groups excluding carboxylic acids is 2. The lowest BCUT2D eigenvalue weighted by atomic mass is 9.97. The van der Waals surface area contributed by atoms with Gasteiger partial charge in [0.1, 0.15) is 24.4 Å². The Morgan fingerprint density at radius 1 is 1.36 bits per heavy atom. The van der Waals surface area contributed by atoms with E-state index in [0.29, 0.717) is 11.3 Å². The van der Waals surface area contributed by atoms with Crippen LogP contribution in [0.25, 0.3) is 0 Å². The molecule has 3 rings (SSSR count). The summed E-state index contributed by atoms with van der Waals surface area (Å²) in [7, 11) is 1.61. The Bertz CT molecular complexity index is 812. The van der Waals surface area contributed by atoms with Crippen molar-refractivity contribution < 1.29 is 34.5 Å². The van der Waals surface area contributed by atoms with Gasteiger partial charge >= 0.3 is 0 Å². The lowest BCUT2D eigenvalue weighted by molar-refractivity contribution is -0.270. The van der Waals surface area contributed by atoms with E-state index in [2.05, 4.69) is 10.5 Å². The molecule has 152 valence electrons. The second-order valence-corrected chi connectivity index (χ2v) is 6.86. The van der Waals surface area contributed by atoms with Crippen LogP contribution in [0.15, 0.2) is 23.4 Å². The van der Waals surface area contributed by atoms with Crippen LogP contribution in [0.3, 0.4) is 0 Å². The van der Waals surface area contributed by atoms with Crippen LogP contribution in [0.5, 0.6) is 0 Å². The van der Waals surface area contributed by atoms with Crippen molar-refractivity contribution in [3.8, 4) is 0 Å². The van der Waals surface area contributed by atoms with Crippen LogP contribution in [0, 0.1) is 6.92 Å². The molecule has 1 saturated heterocycles. The second-order valence-electron chi connectivity index (χ2n) is 6.86. The number of hydrogen-bond donors (Lipinski definition) is 4. The Hall–Kier alpha value is -2.53. The monoisotopic (exact) mass is 393 g/mol. The average molecular weight is 393 g/mol. The van der Waals surface area contributed by atoms with Gasteiger partial charge in [0.25, 0.3) is 5.91 Å². The molecule has 1 aromatic rings. The van der Waals surface area contributed by atoms with E-state index in [1.54, 1.807) is 19.2 Å². The number of nitrogens with one attached hydrogen (secondary N) is 1. The number of likely N-dealkylation sites (N-methyl/N-ethyl adjacent to an activating group) is 1. The van der Waals surface area contributed by atoms with Crippen LogP contribution in [0.1, 0.15) is 18.1 Å². The first-order chi connectivity index (χ1) is 13.2. The Morgan fingerprint density at radius 2 is 2.07 bits per heavy atom. The minimum Gasteiger partial charge on any atom is -0.394 e. The van der Waals surface area contributed by atoms with Crippen LogP contribution in [0.4, 0.5) is 5.69 Å². The maximum absolute atomic E-state index is 12.5. The third kappa shape index (κ3) is 3.59. The molecule has 2 amide bonds. The summed E-state index contributed by atoms with van der Waals surface area (Å²) < 4.78 is 5.44. The van der Waals surface area contributed by atoms with Crippen molar-refractivity contribution in [1.82, 2.24) is 5.32 Å². The summed E-state index contributed by atoms with van der Waals surface area (Å²) in [6, 6.07) is 4.31. The van der Waals surface area contributed by atoms with Crippen molar-refractivity contribution in [2.24, 2.45) is 5.16 Å². The van der Waals surface area contributed by atoms with E-state index >= 15 is 0 Å². The number of hydrogen-bond acceptors (Lipinski definition) is 8. The lowest BCUT2D eigenvalue weighted by Gasteiger charge is -2.40. The molecule has 0 radical (unpaired) electrons. The Labute approximate surface area is 161 Å². The predicted octanol–water partition coefficient (Wildman–Crippen LogP) is -1.36. The van der Waals surface area contributed by atoms with E-state index in [0.717, 1.165) is 5.56 Å². The number of aryl methyl sites for hydroxylation is 1. The molecule has 2 aliphatic rings. The quantitative estimate of drug-likeness (QED) is 0.463. The number of anilines is 1. The fourth-order valence-corrected chi connectivity index (χ4v) is 3.27. The highest BCUT2D eigenvalue weighted by molar-refractivity contribution is 6.54. The highest BCUT2D eigenvalue weighted by Crippen LogP contribution is 2.30. The molecule has 5 atom stereocenters. The molecule has 28 heavy (non-hydrogen) atoms. The molecule has 10 nitrogen and oxygen atoms in total. The first-order valence-corrected chi connectivity index (χ1v) is 8.77. The molecule has 1 fully saturated rings. The van der Waals surface area contributed by atoms with Gasteiger partial charge in [0.2, 0.25) is 12.2 Å². The van der Waals surface area contributed by atoms with E-state index < -0.39 is 43.2 Å². The minimum absolute atomic E-state index is 0.0486. The number of fused-ring (bicyclic) bond motifs is 1. The van der Waals surface area contributed by atoms with Gasteiger partial charge in [-0.2, -0.15) is 0 Å². The summed E-state index contributed by atoms with van der Waals surface area (Å²) in [6.07, 6.45) is -5.35. The van der Waals surface area contributed by atoms with Crippen LogP contribution < -0.4 is 10.2 Å². The van der Waals surface area contributed by atoms with E-state index in [9.17, 15) is 24.9 Å². The Balaban J connectivity index is 1.89. The average Bonchev–Trinajstić information content (AvgIpc) is 2.88. The summed E-state index contributed by atoms with van der Waals surface area (Å²) in [5, 5.41) is 36.0. The maximum Gasteiger partial charge on any atom is 0.280 e. The van der Waals surface area contributed by atoms with Gasteiger partial charge in [0.15, 0.2) is 5.71 Å². The topological polar surface area (TPSA) is 141 Å². The fourth-order valence-electron chi connectivity index (χ4n) is 3.27. The van der Waals surface area contributed by atoms with Crippen LogP contribution in [-0.4, -0.2) is 77.1 Å². The molecule has 1 aromatic carbocycles. The van der Waals surface area contributed by atoms with Crippen LogP contribution >= 0.6 is 0 Å². The third-order valence-electron chi connectivity index (χ3n) is 4.77. The molecular weight excluding hydrogens is 370 g/mol. The molecule has 2 aliphatic heterocycles. The highest BCUT2D eigenvalue weighted by atomic mass is 16.8. The second kappa shape index (κ2) is 7.84. The number of aliphatic hydroxyl groups excluding tert-OH is 3. The van der Waals surface area contributed by atoms with Gasteiger partial charge in [0, 0.05) is 19.5 Å². The normalized spacial score (nSPS) is 31.1. The summed E-state index contributed by atoms with van der Waals surface area (Å²) in [4.78, 5) is 30.8. The molecule has 0 unspecified atom stereocenters. The van der Waals surface area contributed by atoms with E-state index in [-0.39, 0.29) is 11.6 Å². The van der Waals surface area contributed by atoms with Gasteiger partial charge in [-0.05, 0) is 19.1 Å². The molecular formula is C18H23N3O7. The zero-order chi connectivity index (χ0) is 20.6. The first-order valence-electron chi connectivity index (χ1n) is 8.77. The largest absolute Gasteiger partial charge is 0.394 e. The van der Waals surface area contributed by atoms with E-state index in [4.69, 9.17) is 9.57 Å². The molecule has 2 heterocycles. The summed E-state index contributed by atoms with van der Waals surface area (Å²) in [6.45, 7) is 2.53. The van der Waals surface area contributed by atoms with Gasteiger partial charge < -0.3 is 35.1 Å². The Kier molecular flexibility index (Phi) is 5.66. The molecule has 0 aliphatic carbocycles. The van der Waals surface area contributed by atoms with Gasteiger partial charge in [-0.3, -0.25) is 9.59 Å². The first kappa shape index (κ1) is 20.2. The number of benzene rings is 1. The number of carbonyl (C=O) groups is 2. The fraction of sp³-hybridized carbons (Fsp3) is 0.500. The van der Waals surface area contributed by atoms with Crippen LogP contribution in [0.2, 0.25) is 0 Å². The maximum atomic E-state index is 12.5. The van der Waals surface area contributed by atoms with E-state index in [1.807, 2.05) is 13.0 Å². The smallest absolute Gasteiger partial charge is 0.280 e. The van der Waals surface area contributed by atoms with Crippen molar-refractivity contribution >= 4 is 23.2 Å². The lowest BCUT2D eigenvalue weighted by Crippen LogP contribution is -2.64. The molecule has 0 spiro atoms. The van der Waals surface area contributed by atoms with Gasteiger partial charge in [0.05, 0.1) is 12.3 Å². The minimum atomic E-state index is -1.46. The number of aliphatic hydroxyl groups is 3. The van der Waals surface area contributed by atoms with Crippen molar-refractivity contribution in [2.45, 2.75) is 44.5 Å². The molecule has 10 heteroatoms. The summed E-state index contributed by atoms with van der Waals surface area (Å²) >= 11 is 0.